The Morgan fingerprint density at radius 2 is 2.08 bits per heavy atom. The summed E-state index contributed by atoms with van der Waals surface area (Å²) in [5.74, 6) is 0. The van der Waals surface area contributed by atoms with Gasteiger partial charge in [0.2, 0.25) is 0 Å². The van der Waals surface area contributed by atoms with Crippen LogP contribution in [0.5, 0.6) is 0 Å². The Labute approximate surface area is 149 Å². The van der Waals surface area contributed by atoms with Crippen molar-refractivity contribution in [2.75, 3.05) is 27.2 Å². The van der Waals surface area contributed by atoms with E-state index in [9.17, 15) is 0 Å². The smallest absolute Gasteiger partial charge is 0.170 e. The highest BCUT2D eigenvalue weighted by molar-refractivity contribution is 7.80. The van der Waals surface area contributed by atoms with Crippen LogP contribution < -0.4 is 5.32 Å². The zero-order valence-corrected chi connectivity index (χ0v) is 15.5. The number of hydrogen-bond donors (Lipinski definition) is 2. The molecule has 3 rings (SSSR count). The lowest BCUT2D eigenvalue weighted by Crippen LogP contribution is -2.35. The van der Waals surface area contributed by atoms with Crippen LogP contribution in [0.25, 0.3) is 0 Å². The number of aryl methyl sites for hydroxylation is 2. The lowest BCUT2D eigenvalue weighted by Gasteiger charge is -2.28. The third kappa shape index (κ3) is 3.30. The number of nitrogens with one attached hydrogen (secondary N) is 2. The van der Waals surface area contributed by atoms with Gasteiger partial charge in [0.1, 0.15) is 0 Å². The molecule has 0 radical (unpaired) electrons. The largest absolute Gasteiger partial charge is 0.362 e. The van der Waals surface area contributed by atoms with E-state index in [1.165, 1.54) is 17.0 Å². The molecule has 0 aliphatic carbocycles. The number of hydrogen-bond acceptors (Lipinski definition) is 3. The maximum Gasteiger partial charge on any atom is 0.170 e. The van der Waals surface area contributed by atoms with Crippen LogP contribution in [-0.4, -0.2) is 52.1 Å². The zero-order chi connectivity index (χ0) is 17.3. The van der Waals surface area contributed by atoms with Crippen molar-refractivity contribution in [1.29, 1.82) is 0 Å². The SMILES string of the molecule is Cc1cc([C@@H]2[C@H](c3ccccn3)NC(=S)N2CCN(C)C)c(C)[nH]1. The summed E-state index contributed by atoms with van der Waals surface area (Å²) in [6.07, 6.45) is 1.84. The first kappa shape index (κ1) is 16.9. The van der Waals surface area contributed by atoms with Crippen LogP contribution in [0.3, 0.4) is 0 Å². The molecule has 3 heterocycles. The Morgan fingerprint density at radius 1 is 1.29 bits per heavy atom. The second-order valence-electron chi connectivity index (χ2n) is 6.66. The Bertz CT molecular complexity index is 709. The van der Waals surface area contributed by atoms with Crippen molar-refractivity contribution in [3.63, 3.8) is 0 Å². The molecule has 0 unspecified atom stereocenters. The van der Waals surface area contributed by atoms with Crippen molar-refractivity contribution in [2.24, 2.45) is 0 Å². The van der Waals surface area contributed by atoms with Crippen molar-refractivity contribution in [3.05, 3.63) is 53.1 Å². The number of aromatic nitrogens is 2. The Kier molecular flexibility index (Phi) is 4.87. The van der Waals surface area contributed by atoms with Crippen molar-refractivity contribution >= 4 is 17.3 Å². The van der Waals surface area contributed by atoms with Gasteiger partial charge in [-0.2, -0.15) is 0 Å². The van der Waals surface area contributed by atoms with Crippen molar-refractivity contribution in [1.82, 2.24) is 25.1 Å². The number of nitrogens with zero attached hydrogens (tertiary/aromatic N) is 3. The molecule has 128 valence electrons. The first-order chi connectivity index (χ1) is 11.5. The van der Waals surface area contributed by atoms with Gasteiger partial charge >= 0.3 is 0 Å². The highest BCUT2D eigenvalue weighted by Gasteiger charge is 2.40. The van der Waals surface area contributed by atoms with Gasteiger partial charge in [0, 0.05) is 30.7 Å². The molecule has 0 amide bonds. The number of pyridine rings is 1. The van der Waals surface area contributed by atoms with Gasteiger partial charge in [-0.15, -0.1) is 0 Å². The van der Waals surface area contributed by atoms with Gasteiger partial charge in [-0.05, 0) is 63.9 Å². The molecule has 1 fully saturated rings. The Balaban J connectivity index is 1.99. The fourth-order valence-electron chi connectivity index (χ4n) is 3.35. The molecule has 0 spiro atoms. The van der Waals surface area contributed by atoms with Gasteiger partial charge in [0.05, 0.1) is 17.8 Å². The van der Waals surface area contributed by atoms with Gasteiger partial charge in [-0.3, -0.25) is 4.98 Å². The number of thiocarbonyl (C=S) groups is 1. The highest BCUT2D eigenvalue weighted by atomic mass is 32.1. The van der Waals surface area contributed by atoms with Crippen LogP contribution in [0.4, 0.5) is 0 Å². The van der Waals surface area contributed by atoms with Crippen LogP contribution in [-0.2, 0) is 0 Å². The molecule has 2 N–H and O–H groups in total. The predicted molar refractivity (Wildman–Crippen MR) is 101 cm³/mol. The van der Waals surface area contributed by atoms with Gasteiger partial charge in [-0.1, -0.05) is 6.07 Å². The van der Waals surface area contributed by atoms with Crippen LogP contribution in [0, 0.1) is 13.8 Å². The molecule has 0 bridgehead atoms. The fraction of sp³-hybridized carbons (Fsp3) is 0.444. The molecule has 2 aromatic rings. The third-order valence-corrected chi connectivity index (χ3v) is 4.85. The van der Waals surface area contributed by atoms with E-state index in [2.05, 4.69) is 65.2 Å². The Hall–Kier alpha value is -1.92. The predicted octanol–water partition coefficient (Wildman–Crippen LogP) is 2.56. The minimum Gasteiger partial charge on any atom is -0.362 e. The highest BCUT2D eigenvalue weighted by Crippen LogP contribution is 2.39. The third-order valence-electron chi connectivity index (χ3n) is 4.49. The number of rotatable bonds is 5. The average molecular weight is 344 g/mol. The van der Waals surface area contributed by atoms with Crippen molar-refractivity contribution < 1.29 is 0 Å². The molecule has 2 atom stereocenters. The summed E-state index contributed by atoms with van der Waals surface area (Å²) in [5.41, 5.74) is 4.68. The lowest BCUT2D eigenvalue weighted by molar-refractivity contribution is 0.277. The van der Waals surface area contributed by atoms with Gasteiger partial charge in [-0.25, -0.2) is 0 Å². The van der Waals surface area contributed by atoms with Crippen molar-refractivity contribution in [2.45, 2.75) is 25.9 Å². The van der Waals surface area contributed by atoms with E-state index < -0.39 is 0 Å². The fourth-order valence-corrected chi connectivity index (χ4v) is 3.68. The zero-order valence-electron chi connectivity index (χ0n) is 14.7. The topological polar surface area (TPSA) is 47.2 Å². The maximum atomic E-state index is 5.65. The summed E-state index contributed by atoms with van der Waals surface area (Å²) >= 11 is 5.65. The summed E-state index contributed by atoms with van der Waals surface area (Å²) < 4.78 is 0. The van der Waals surface area contributed by atoms with E-state index in [0.29, 0.717) is 0 Å². The number of H-pyrrole nitrogens is 1. The molecule has 0 aromatic carbocycles. The van der Waals surface area contributed by atoms with Crippen LogP contribution >= 0.6 is 12.2 Å². The summed E-state index contributed by atoms with van der Waals surface area (Å²) in [4.78, 5) is 12.5. The molecule has 1 saturated heterocycles. The summed E-state index contributed by atoms with van der Waals surface area (Å²) in [6, 6.07) is 8.49. The lowest BCUT2D eigenvalue weighted by atomic mass is 9.97. The molecule has 24 heavy (non-hydrogen) atoms. The van der Waals surface area contributed by atoms with Gasteiger partial charge in [0.25, 0.3) is 0 Å². The van der Waals surface area contributed by atoms with E-state index >= 15 is 0 Å². The minimum absolute atomic E-state index is 0.0646. The molecule has 5 nitrogen and oxygen atoms in total. The van der Waals surface area contributed by atoms with E-state index in [1.807, 2.05) is 18.3 Å². The molecule has 0 saturated carbocycles. The number of aromatic amines is 1. The molecule has 1 aliphatic rings. The summed E-state index contributed by atoms with van der Waals surface area (Å²) in [5, 5.41) is 4.29. The van der Waals surface area contributed by atoms with E-state index in [1.54, 1.807) is 0 Å². The molecular weight excluding hydrogens is 318 g/mol. The minimum atomic E-state index is 0.0646. The van der Waals surface area contributed by atoms with Crippen LogP contribution in [0.15, 0.2) is 30.5 Å². The van der Waals surface area contributed by atoms with Gasteiger partial charge in [0.15, 0.2) is 5.11 Å². The summed E-state index contributed by atoms with van der Waals surface area (Å²) in [6.45, 7) is 6.06. The molecular formula is C18H25N5S. The Morgan fingerprint density at radius 3 is 2.67 bits per heavy atom. The number of likely N-dealkylation sites (N-methyl/N-ethyl adjacent to an activating group) is 1. The second-order valence-corrected chi connectivity index (χ2v) is 7.04. The maximum absolute atomic E-state index is 5.65. The molecule has 2 aromatic heterocycles. The standard InChI is InChI=1S/C18H25N5S/c1-12-11-14(13(2)20-12)17-16(15-7-5-6-8-19-15)21-18(24)23(17)10-9-22(3)4/h5-8,11,16-17,20H,9-10H2,1-4H3,(H,21,24)/t16-,17+/m0/s1. The molecule has 6 heteroatoms. The summed E-state index contributed by atoms with van der Waals surface area (Å²) in [7, 11) is 4.17. The van der Waals surface area contributed by atoms with E-state index in [0.717, 1.165) is 23.9 Å². The van der Waals surface area contributed by atoms with Crippen LogP contribution in [0.2, 0.25) is 0 Å². The second kappa shape index (κ2) is 6.91. The quantitative estimate of drug-likeness (QED) is 0.817. The first-order valence-electron chi connectivity index (χ1n) is 8.26. The normalized spacial score (nSPS) is 20.7. The van der Waals surface area contributed by atoms with Gasteiger partial charge < -0.3 is 20.1 Å². The average Bonchev–Trinajstić information content (AvgIpc) is 3.04. The van der Waals surface area contributed by atoms with Crippen LogP contribution in [0.1, 0.15) is 34.7 Å². The van der Waals surface area contributed by atoms with E-state index in [4.69, 9.17) is 12.2 Å². The first-order valence-corrected chi connectivity index (χ1v) is 8.67. The van der Waals surface area contributed by atoms with Crippen molar-refractivity contribution in [3.8, 4) is 0 Å². The van der Waals surface area contributed by atoms with E-state index in [-0.39, 0.29) is 12.1 Å². The molecule has 1 aliphatic heterocycles. The monoisotopic (exact) mass is 343 g/mol.